The van der Waals surface area contributed by atoms with Crippen molar-refractivity contribution in [2.45, 2.75) is 32.2 Å². The maximum atomic E-state index is 10.8. The predicted molar refractivity (Wildman–Crippen MR) is 102 cm³/mol. The molecule has 0 amide bonds. The molecule has 0 unspecified atom stereocenters. The highest BCUT2D eigenvalue weighted by atomic mass is 35.5. The molecule has 0 radical (unpaired) electrons. The average Bonchev–Trinajstić information content (AvgIpc) is 2.52. The second kappa shape index (κ2) is 8.53. The maximum Gasteiger partial charge on any atom is 0.469 e. The quantitative estimate of drug-likeness (QED) is 0.575. The van der Waals surface area contributed by atoms with E-state index in [9.17, 15) is 4.57 Å². The van der Waals surface area contributed by atoms with Crippen LogP contribution < -0.4 is 10.5 Å². The number of nitrogens with two attached hydrogens (primary N) is 1. The summed E-state index contributed by atoms with van der Waals surface area (Å²) >= 11 is 6.33. The Bertz CT molecular complexity index is 806. The van der Waals surface area contributed by atoms with Gasteiger partial charge < -0.3 is 20.3 Å². The topological polar surface area (TPSA) is 102 Å². The summed E-state index contributed by atoms with van der Waals surface area (Å²) < 4.78 is 21.1. The Hall–Kier alpha value is -1.40. The molecule has 2 aromatic carbocycles. The van der Waals surface area contributed by atoms with E-state index in [1.807, 2.05) is 43.3 Å². The van der Waals surface area contributed by atoms with Gasteiger partial charge >= 0.3 is 7.82 Å². The lowest BCUT2D eigenvalue weighted by Gasteiger charge is -2.24. The van der Waals surface area contributed by atoms with Crippen molar-refractivity contribution in [3.05, 3.63) is 58.6 Å². The molecule has 8 heteroatoms. The van der Waals surface area contributed by atoms with Crippen LogP contribution in [0.4, 0.5) is 0 Å². The molecule has 2 aromatic rings. The molecule has 0 aliphatic carbocycles. The minimum atomic E-state index is -4.53. The fraction of sp³-hybridized carbons (Fsp3) is 0.333. The van der Waals surface area contributed by atoms with E-state index >= 15 is 0 Å². The molecular weight excluding hydrogens is 377 g/mol. The first-order chi connectivity index (χ1) is 12.0. The molecule has 0 aromatic heterocycles. The van der Waals surface area contributed by atoms with Crippen LogP contribution in [0.2, 0.25) is 5.02 Å². The van der Waals surface area contributed by atoms with Crippen molar-refractivity contribution >= 4 is 19.4 Å². The molecule has 6 nitrogen and oxygen atoms in total. The molecule has 0 spiro atoms. The van der Waals surface area contributed by atoms with E-state index in [2.05, 4.69) is 4.52 Å². The molecule has 0 saturated heterocycles. The lowest BCUT2D eigenvalue weighted by Crippen LogP contribution is -2.41. The van der Waals surface area contributed by atoms with Crippen molar-refractivity contribution in [3.8, 4) is 11.5 Å². The minimum absolute atomic E-state index is 0.247. The maximum absolute atomic E-state index is 10.8. The van der Waals surface area contributed by atoms with Crippen LogP contribution in [0.1, 0.15) is 24.5 Å². The molecule has 0 saturated carbocycles. The van der Waals surface area contributed by atoms with Crippen molar-refractivity contribution in [2.24, 2.45) is 5.73 Å². The normalized spacial score (nSPS) is 14.1. The first-order valence-electron chi connectivity index (χ1n) is 8.06. The number of hydrogen-bond acceptors (Lipinski definition) is 4. The standard InChI is InChI=1S/C18H23ClNO5P/c1-13-4-3-5-15(10-13)25-16-7-6-14(17(19)11-16)8-9-18(2,20)12-24-26(21,22)23/h3-7,10-11H,8-9,12,20H2,1-2H3,(H2,21,22,23)/t18-/m1/s1. The third-order valence-corrected chi connectivity index (χ3v) is 4.59. The molecule has 2 rings (SSSR count). The Kier molecular flexibility index (Phi) is 6.86. The number of benzene rings is 2. The average molecular weight is 400 g/mol. The van der Waals surface area contributed by atoms with E-state index in [1.54, 1.807) is 13.0 Å². The van der Waals surface area contributed by atoms with Gasteiger partial charge in [0.25, 0.3) is 0 Å². The van der Waals surface area contributed by atoms with Gasteiger partial charge in [0.05, 0.1) is 6.61 Å². The molecule has 0 heterocycles. The Labute approximate surface area is 158 Å². The van der Waals surface area contributed by atoms with E-state index in [1.165, 1.54) is 0 Å². The van der Waals surface area contributed by atoms with Crippen LogP contribution in [0.3, 0.4) is 0 Å². The number of halogens is 1. The van der Waals surface area contributed by atoms with Gasteiger partial charge in [0.15, 0.2) is 0 Å². The first kappa shape index (κ1) is 20.9. The highest BCUT2D eigenvalue weighted by molar-refractivity contribution is 7.46. The molecule has 0 aliphatic heterocycles. The van der Waals surface area contributed by atoms with Crippen LogP contribution in [0, 0.1) is 6.92 Å². The number of aryl methyl sites for hydroxylation is 2. The zero-order valence-electron chi connectivity index (χ0n) is 14.7. The van der Waals surface area contributed by atoms with Crippen LogP contribution in [-0.2, 0) is 15.5 Å². The minimum Gasteiger partial charge on any atom is -0.457 e. The molecule has 0 fully saturated rings. The van der Waals surface area contributed by atoms with Crippen LogP contribution in [-0.4, -0.2) is 21.9 Å². The Morgan fingerprint density at radius 3 is 2.50 bits per heavy atom. The Balaban J connectivity index is 1.97. The molecule has 4 N–H and O–H groups in total. The summed E-state index contributed by atoms with van der Waals surface area (Å²) in [4.78, 5) is 17.6. The lowest BCUT2D eigenvalue weighted by atomic mass is 9.95. The lowest BCUT2D eigenvalue weighted by molar-refractivity contribution is 0.154. The van der Waals surface area contributed by atoms with Crippen LogP contribution in [0.25, 0.3) is 0 Å². The van der Waals surface area contributed by atoms with Gasteiger partial charge in [-0.05, 0) is 62.1 Å². The Morgan fingerprint density at radius 1 is 1.19 bits per heavy atom. The fourth-order valence-corrected chi connectivity index (χ4v) is 3.06. The molecule has 0 aliphatic rings. The number of phosphoric acid groups is 1. The number of ether oxygens (including phenoxy) is 1. The van der Waals surface area contributed by atoms with Crippen molar-refractivity contribution in [1.82, 2.24) is 0 Å². The highest BCUT2D eigenvalue weighted by Gasteiger charge is 2.24. The van der Waals surface area contributed by atoms with Gasteiger partial charge in [0.2, 0.25) is 0 Å². The number of hydrogen-bond donors (Lipinski definition) is 3. The molecular formula is C18H23ClNO5P. The largest absolute Gasteiger partial charge is 0.469 e. The molecule has 142 valence electrons. The molecule has 26 heavy (non-hydrogen) atoms. The van der Waals surface area contributed by atoms with E-state index in [0.717, 1.165) is 16.9 Å². The van der Waals surface area contributed by atoms with Gasteiger partial charge in [-0.1, -0.05) is 29.8 Å². The van der Waals surface area contributed by atoms with Crippen LogP contribution in [0.5, 0.6) is 11.5 Å². The summed E-state index contributed by atoms with van der Waals surface area (Å²) in [5.41, 5.74) is 7.12. The van der Waals surface area contributed by atoms with Gasteiger partial charge in [-0.2, -0.15) is 0 Å². The van der Waals surface area contributed by atoms with Crippen molar-refractivity contribution in [1.29, 1.82) is 0 Å². The predicted octanol–water partition coefficient (Wildman–Crippen LogP) is 4.20. The van der Waals surface area contributed by atoms with Crippen molar-refractivity contribution in [3.63, 3.8) is 0 Å². The third-order valence-electron chi connectivity index (χ3n) is 3.78. The monoisotopic (exact) mass is 399 g/mol. The number of rotatable bonds is 8. The van der Waals surface area contributed by atoms with Crippen molar-refractivity contribution in [2.75, 3.05) is 6.61 Å². The number of phosphoric ester groups is 1. The summed E-state index contributed by atoms with van der Waals surface area (Å²) in [5.74, 6) is 1.36. The van der Waals surface area contributed by atoms with E-state index in [0.29, 0.717) is 23.6 Å². The fourth-order valence-electron chi connectivity index (χ4n) is 2.33. The summed E-state index contributed by atoms with van der Waals surface area (Å²) in [6, 6.07) is 13.1. The van der Waals surface area contributed by atoms with E-state index in [-0.39, 0.29) is 6.61 Å². The van der Waals surface area contributed by atoms with Gasteiger partial charge in [0, 0.05) is 10.6 Å². The third kappa shape index (κ3) is 7.08. The molecule has 0 bridgehead atoms. The summed E-state index contributed by atoms with van der Waals surface area (Å²) in [6.45, 7) is 3.41. The summed E-state index contributed by atoms with van der Waals surface area (Å²) in [7, 11) is -4.53. The van der Waals surface area contributed by atoms with Crippen molar-refractivity contribution < 1.29 is 23.6 Å². The summed E-state index contributed by atoms with van der Waals surface area (Å²) in [6.07, 6.45) is 0.992. The highest BCUT2D eigenvalue weighted by Crippen LogP contribution is 2.37. The SMILES string of the molecule is Cc1cccc(Oc2ccc(CC[C@@](C)(N)COP(=O)(O)O)c(Cl)c2)c1. The summed E-state index contributed by atoms with van der Waals surface area (Å²) in [5, 5.41) is 0.543. The van der Waals surface area contributed by atoms with E-state index in [4.69, 9.17) is 31.9 Å². The van der Waals surface area contributed by atoms with Crippen LogP contribution >= 0.6 is 19.4 Å². The van der Waals surface area contributed by atoms with Gasteiger partial charge in [-0.25, -0.2) is 4.57 Å². The van der Waals surface area contributed by atoms with E-state index < -0.39 is 13.4 Å². The zero-order chi connectivity index (χ0) is 19.4. The first-order valence-corrected chi connectivity index (χ1v) is 9.97. The van der Waals surface area contributed by atoms with Gasteiger partial charge in [-0.3, -0.25) is 4.52 Å². The second-order valence-corrected chi connectivity index (χ2v) is 8.24. The molecule has 1 atom stereocenters. The Morgan fingerprint density at radius 2 is 1.88 bits per heavy atom. The smallest absolute Gasteiger partial charge is 0.457 e. The van der Waals surface area contributed by atoms with Crippen LogP contribution in [0.15, 0.2) is 42.5 Å². The van der Waals surface area contributed by atoms with Gasteiger partial charge in [0.1, 0.15) is 11.5 Å². The second-order valence-electron chi connectivity index (χ2n) is 6.59. The zero-order valence-corrected chi connectivity index (χ0v) is 16.3. The van der Waals surface area contributed by atoms with Gasteiger partial charge in [-0.15, -0.1) is 0 Å².